The molecule has 0 unspecified atom stereocenters. The van der Waals surface area contributed by atoms with Crippen LogP contribution in [0.4, 0.5) is 0 Å². The van der Waals surface area contributed by atoms with Gasteiger partial charge in [0, 0.05) is 12.7 Å². The number of ether oxygens (including phenoxy) is 1. The molecule has 0 bridgehead atoms. The largest absolute Gasteiger partial charge is 0.457 e. The van der Waals surface area contributed by atoms with E-state index in [1.807, 2.05) is 13.0 Å². The second kappa shape index (κ2) is 5.21. The molecule has 1 aliphatic rings. The van der Waals surface area contributed by atoms with Crippen molar-refractivity contribution in [1.29, 1.82) is 0 Å². The third kappa shape index (κ3) is 3.05. The van der Waals surface area contributed by atoms with Crippen LogP contribution < -0.4 is 5.32 Å². The van der Waals surface area contributed by atoms with Crippen molar-refractivity contribution in [3.8, 4) is 0 Å². The summed E-state index contributed by atoms with van der Waals surface area (Å²) in [5.74, 6) is -0.371. The normalized spacial score (nSPS) is 24.0. The summed E-state index contributed by atoms with van der Waals surface area (Å²) in [6.45, 7) is 2.71. The summed E-state index contributed by atoms with van der Waals surface area (Å²) >= 11 is 0. The van der Waals surface area contributed by atoms with Gasteiger partial charge < -0.3 is 10.1 Å². The molecule has 4 heteroatoms. The fourth-order valence-electron chi connectivity index (χ4n) is 0.938. The highest BCUT2D eigenvalue weighted by Crippen LogP contribution is 1.96. The number of carbonyl (C=O) groups is 1. The third-order valence-corrected chi connectivity index (χ3v) is 1.80. The Kier molecular flexibility index (Phi) is 3.91. The molecule has 0 radical (unpaired) electrons. The Bertz CT molecular complexity index is 303. The first-order valence-corrected chi connectivity index (χ1v) is 4.46. The molecule has 0 saturated carbocycles. The lowest BCUT2D eigenvalue weighted by Gasteiger charge is -2.06. The minimum Gasteiger partial charge on any atom is -0.457 e. The van der Waals surface area contributed by atoms with Crippen LogP contribution in [0.2, 0.25) is 0 Å². The van der Waals surface area contributed by atoms with Crippen LogP contribution in [-0.2, 0) is 9.53 Å². The number of rotatable bonds is 2. The van der Waals surface area contributed by atoms with Gasteiger partial charge in [0.25, 0.3) is 0 Å². The van der Waals surface area contributed by atoms with Gasteiger partial charge in [0.1, 0.15) is 12.3 Å². The standard InChI is InChI=1S/C10H14N2O2/c1-8(11-2)7-9-10(13)14-6-4-3-5-12-9/h3-4,7,11H,5-6H2,1-2H3/b4-3-,8-7-,12-9-. The first-order valence-electron chi connectivity index (χ1n) is 4.46. The van der Waals surface area contributed by atoms with E-state index in [0.717, 1.165) is 5.70 Å². The molecule has 0 amide bonds. The van der Waals surface area contributed by atoms with E-state index in [0.29, 0.717) is 18.9 Å². The van der Waals surface area contributed by atoms with Gasteiger partial charge in [-0.05, 0) is 19.1 Å². The van der Waals surface area contributed by atoms with Gasteiger partial charge in [0.15, 0.2) is 0 Å². The Labute approximate surface area is 83.4 Å². The summed E-state index contributed by atoms with van der Waals surface area (Å²) in [7, 11) is 1.79. The highest BCUT2D eigenvalue weighted by Gasteiger charge is 2.10. The smallest absolute Gasteiger partial charge is 0.356 e. The van der Waals surface area contributed by atoms with Crippen molar-refractivity contribution in [3.05, 3.63) is 23.9 Å². The van der Waals surface area contributed by atoms with Crippen molar-refractivity contribution >= 4 is 11.7 Å². The maximum atomic E-state index is 11.4. The second-order valence-corrected chi connectivity index (χ2v) is 2.87. The Morgan fingerprint density at radius 2 is 2.43 bits per heavy atom. The maximum Gasteiger partial charge on any atom is 0.356 e. The summed E-state index contributed by atoms with van der Waals surface area (Å²) in [6.07, 6.45) is 5.34. The number of esters is 1. The van der Waals surface area contributed by atoms with E-state index in [1.54, 1.807) is 19.2 Å². The summed E-state index contributed by atoms with van der Waals surface area (Å²) < 4.78 is 4.91. The average Bonchev–Trinajstić information content (AvgIpc) is 2.17. The highest BCUT2D eigenvalue weighted by atomic mass is 16.5. The van der Waals surface area contributed by atoms with Crippen molar-refractivity contribution in [2.75, 3.05) is 20.2 Å². The molecule has 4 nitrogen and oxygen atoms in total. The van der Waals surface area contributed by atoms with E-state index in [2.05, 4.69) is 10.3 Å². The molecule has 76 valence electrons. The number of allylic oxidation sites excluding steroid dienone is 1. The zero-order valence-electron chi connectivity index (χ0n) is 8.41. The van der Waals surface area contributed by atoms with E-state index in [-0.39, 0.29) is 5.97 Å². The first-order chi connectivity index (χ1) is 6.74. The molecule has 0 spiro atoms. The molecule has 0 fully saturated rings. The van der Waals surface area contributed by atoms with Crippen LogP contribution in [0.3, 0.4) is 0 Å². The zero-order chi connectivity index (χ0) is 10.4. The summed E-state index contributed by atoms with van der Waals surface area (Å²) in [5, 5.41) is 2.92. The lowest BCUT2D eigenvalue weighted by Crippen LogP contribution is -2.19. The number of nitrogens with zero attached hydrogens (tertiary/aromatic N) is 1. The number of carbonyl (C=O) groups excluding carboxylic acids is 1. The fraction of sp³-hybridized carbons (Fsp3) is 0.400. The van der Waals surface area contributed by atoms with E-state index in [4.69, 9.17) is 4.74 Å². The van der Waals surface area contributed by atoms with Gasteiger partial charge in [-0.2, -0.15) is 0 Å². The predicted molar refractivity (Wildman–Crippen MR) is 55.2 cm³/mol. The lowest BCUT2D eigenvalue weighted by atomic mass is 10.3. The zero-order valence-corrected chi connectivity index (χ0v) is 8.41. The molecule has 1 heterocycles. The number of aliphatic imine (C=N–C) groups is 1. The van der Waals surface area contributed by atoms with Gasteiger partial charge >= 0.3 is 5.97 Å². The van der Waals surface area contributed by atoms with Crippen LogP contribution >= 0.6 is 0 Å². The van der Waals surface area contributed by atoms with Gasteiger partial charge in [0.2, 0.25) is 0 Å². The number of cyclic esters (lactones) is 1. The Hall–Kier alpha value is -1.58. The minimum atomic E-state index is -0.371. The van der Waals surface area contributed by atoms with Crippen LogP contribution in [-0.4, -0.2) is 31.9 Å². The molecule has 1 rings (SSSR count). The topological polar surface area (TPSA) is 50.7 Å². The van der Waals surface area contributed by atoms with E-state index >= 15 is 0 Å². The molecule has 1 aliphatic heterocycles. The Morgan fingerprint density at radius 3 is 3.14 bits per heavy atom. The van der Waals surface area contributed by atoms with E-state index < -0.39 is 0 Å². The average molecular weight is 194 g/mol. The number of hydrogen-bond acceptors (Lipinski definition) is 4. The quantitative estimate of drug-likeness (QED) is 0.519. The van der Waals surface area contributed by atoms with Crippen LogP contribution in [0.5, 0.6) is 0 Å². The number of nitrogens with one attached hydrogen (secondary N) is 1. The van der Waals surface area contributed by atoms with Crippen molar-refractivity contribution in [3.63, 3.8) is 0 Å². The monoisotopic (exact) mass is 194 g/mol. The van der Waals surface area contributed by atoms with Crippen molar-refractivity contribution in [1.82, 2.24) is 5.32 Å². The molecular weight excluding hydrogens is 180 g/mol. The Morgan fingerprint density at radius 1 is 1.64 bits per heavy atom. The maximum absolute atomic E-state index is 11.4. The lowest BCUT2D eigenvalue weighted by molar-refractivity contribution is -0.134. The highest BCUT2D eigenvalue weighted by molar-refractivity contribution is 6.41. The van der Waals surface area contributed by atoms with Gasteiger partial charge in [-0.25, -0.2) is 4.79 Å². The van der Waals surface area contributed by atoms with Crippen molar-refractivity contribution in [2.45, 2.75) is 6.92 Å². The number of hydrogen-bond donors (Lipinski definition) is 1. The van der Waals surface area contributed by atoms with Gasteiger partial charge in [-0.1, -0.05) is 6.08 Å². The molecular formula is C10H14N2O2. The van der Waals surface area contributed by atoms with E-state index in [9.17, 15) is 4.79 Å². The molecule has 14 heavy (non-hydrogen) atoms. The van der Waals surface area contributed by atoms with Crippen molar-refractivity contribution < 1.29 is 9.53 Å². The second-order valence-electron chi connectivity index (χ2n) is 2.87. The van der Waals surface area contributed by atoms with Gasteiger partial charge in [-0.15, -0.1) is 0 Å². The SMILES string of the molecule is CN/C(C)=C\C1=N\C/C=C\COC1=O. The van der Waals surface area contributed by atoms with Crippen LogP contribution in [0.1, 0.15) is 6.92 Å². The first kappa shape index (κ1) is 10.5. The predicted octanol–water partition coefficient (Wildman–Crippen LogP) is 0.664. The molecule has 0 saturated heterocycles. The molecule has 0 aromatic heterocycles. The molecule has 0 aliphatic carbocycles. The molecule has 0 aromatic carbocycles. The van der Waals surface area contributed by atoms with E-state index in [1.165, 1.54) is 0 Å². The van der Waals surface area contributed by atoms with Crippen molar-refractivity contribution in [2.24, 2.45) is 4.99 Å². The Balaban J connectivity index is 2.81. The van der Waals surface area contributed by atoms with Crippen LogP contribution in [0, 0.1) is 0 Å². The van der Waals surface area contributed by atoms with Gasteiger partial charge in [0.05, 0.1) is 6.54 Å². The molecule has 0 aromatic rings. The summed E-state index contributed by atoms with van der Waals surface area (Å²) in [5.41, 5.74) is 1.24. The summed E-state index contributed by atoms with van der Waals surface area (Å²) in [6, 6.07) is 0. The fourth-order valence-corrected chi connectivity index (χ4v) is 0.938. The summed E-state index contributed by atoms with van der Waals surface area (Å²) in [4.78, 5) is 15.5. The third-order valence-electron chi connectivity index (χ3n) is 1.80. The van der Waals surface area contributed by atoms with Crippen LogP contribution in [0.25, 0.3) is 0 Å². The van der Waals surface area contributed by atoms with Gasteiger partial charge in [-0.3, -0.25) is 4.99 Å². The molecule has 0 atom stereocenters. The van der Waals surface area contributed by atoms with Crippen LogP contribution in [0.15, 0.2) is 28.9 Å². The minimum absolute atomic E-state index is 0.324. The molecule has 1 N–H and O–H groups in total.